The number of hydrogen-bond acceptors (Lipinski definition) is 2. The van der Waals surface area contributed by atoms with Crippen molar-refractivity contribution < 1.29 is 4.79 Å². The molecule has 0 aliphatic heterocycles. The van der Waals surface area contributed by atoms with Gasteiger partial charge in [-0.3, -0.25) is 4.79 Å². The van der Waals surface area contributed by atoms with Crippen LogP contribution in [0.2, 0.25) is 0 Å². The Morgan fingerprint density at radius 2 is 1.87 bits per heavy atom. The molecule has 0 aliphatic carbocycles. The van der Waals surface area contributed by atoms with E-state index in [4.69, 9.17) is 5.73 Å². The first-order chi connectivity index (χ1) is 11.1. The Bertz CT molecular complexity index is 664. The second-order valence-electron chi connectivity index (χ2n) is 6.00. The Morgan fingerprint density at radius 3 is 2.61 bits per heavy atom. The first kappa shape index (κ1) is 17.1. The van der Waals surface area contributed by atoms with E-state index in [1.807, 2.05) is 25.1 Å². The van der Waals surface area contributed by atoms with Gasteiger partial charge in [0.15, 0.2) is 0 Å². The number of para-hydroxylation sites is 1. The van der Waals surface area contributed by atoms with Crippen molar-refractivity contribution in [2.24, 2.45) is 5.73 Å². The van der Waals surface area contributed by atoms with Gasteiger partial charge >= 0.3 is 0 Å². The number of carbonyl (C=O) groups excluding carboxylic acids is 1. The van der Waals surface area contributed by atoms with Gasteiger partial charge in [-0.25, -0.2) is 0 Å². The molecule has 0 aliphatic rings. The maximum atomic E-state index is 11.6. The molecule has 0 bridgehead atoms. The van der Waals surface area contributed by atoms with Crippen LogP contribution in [0.25, 0.3) is 0 Å². The molecule has 23 heavy (non-hydrogen) atoms. The van der Waals surface area contributed by atoms with Crippen LogP contribution in [-0.4, -0.2) is 5.91 Å². The average Bonchev–Trinajstić information content (AvgIpc) is 2.54. The maximum Gasteiger partial charge on any atom is 0.250 e. The molecule has 0 unspecified atom stereocenters. The number of primary amides is 1. The van der Waals surface area contributed by atoms with Crippen LogP contribution < -0.4 is 11.1 Å². The average molecular weight is 310 g/mol. The van der Waals surface area contributed by atoms with Crippen molar-refractivity contribution >= 4 is 17.3 Å². The zero-order valence-electron chi connectivity index (χ0n) is 14.1. The minimum absolute atomic E-state index is 0.410. The van der Waals surface area contributed by atoms with E-state index in [2.05, 4.69) is 30.4 Å². The van der Waals surface area contributed by atoms with Crippen LogP contribution in [0, 0.1) is 6.92 Å². The number of nitrogens with two attached hydrogens (primary N) is 1. The molecule has 3 heteroatoms. The molecule has 0 heterocycles. The van der Waals surface area contributed by atoms with E-state index in [1.165, 1.54) is 31.2 Å². The summed E-state index contributed by atoms with van der Waals surface area (Å²) in [5.41, 5.74) is 10.1. The molecule has 0 atom stereocenters. The fraction of sp³-hybridized carbons (Fsp3) is 0.350. The second-order valence-corrected chi connectivity index (χ2v) is 6.00. The van der Waals surface area contributed by atoms with E-state index in [0.717, 1.165) is 23.4 Å². The van der Waals surface area contributed by atoms with Gasteiger partial charge in [0.25, 0.3) is 5.91 Å². The summed E-state index contributed by atoms with van der Waals surface area (Å²) in [4.78, 5) is 11.6. The third-order valence-corrected chi connectivity index (χ3v) is 4.05. The van der Waals surface area contributed by atoms with Crippen LogP contribution in [0.1, 0.15) is 54.1 Å². The Kier molecular flexibility index (Phi) is 6.21. The summed E-state index contributed by atoms with van der Waals surface area (Å²) in [6.07, 6.45) is 6.13. The van der Waals surface area contributed by atoms with Gasteiger partial charge in [0.2, 0.25) is 0 Å². The largest absolute Gasteiger partial charge is 0.366 e. The molecule has 2 rings (SSSR count). The Labute approximate surface area is 138 Å². The van der Waals surface area contributed by atoms with Crippen molar-refractivity contribution in [3.05, 3.63) is 59.2 Å². The van der Waals surface area contributed by atoms with Gasteiger partial charge in [-0.05, 0) is 49.1 Å². The van der Waals surface area contributed by atoms with Gasteiger partial charge in [0.1, 0.15) is 0 Å². The number of rotatable bonds is 8. The number of nitrogens with one attached hydrogen (secondary N) is 1. The molecule has 0 radical (unpaired) electrons. The summed E-state index contributed by atoms with van der Waals surface area (Å²) in [5, 5.41) is 3.36. The summed E-state index contributed by atoms with van der Waals surface area (Å²) in [6.45, 7) is 4.20. The number of anilines is 2. The smallest absolute Gasteiger partial charge is 0.250 e. The molecule has 0 saturated heterocycles. The van der Waals surface area contributed by atoms with Gasteiger partial charge in [-0.15, -0.1) is 0 Å². The summed E-state index contributed by atoms with van der Waals surface area (Å²) >= 11 is 0. The van der Waals surface area contributed by atoms with Crippen LogP contribution in [0.15, 0.2) is 42.5 Å². The molecule has 0 aromatic heterocycles. The van der Waals surface area contributed by atoms with Gasteiger partial charge in [-0.2, -0.15) is 0 Å². The van der Waals surface area contributed by atoms with Crippen molar-refractivity contribution in [3.8, 4) is 0 Å². The van der Waals surface area contributed by atoms with E-state index < -0.39 is 5.91 Å². The van der Waals surface area contributed by atoms with Crippen molar-refractivity contribution in [1.29, 1.82) is 0 Å². The Hall–Kier alpha value is -2.29. The molecule has 0 fully saturated rings. The predicted octanol–water partition coefficient (Wildman–Crippen LogP) is 4.96. The van der Waals surface area contributed by atoms with Gasteiger partial charge < -0.3 is 11.1 Å². The first-order valence-electron chi connectivity index (χ1n) is 8.37. The monoisotopic (exact) mass is 310 g/mol. The highest BCUT2D eigenvalue weighted by atomic mass is 16.1. The molecule has 1 amide bonds. The highest BCUT2D eigenvalue weighted by Crippen LogP contribution is 2.25. The summed E-state index contributed by atoms with van der Waals surface area (Å²) in [6, 6.07) is 14.0. The lowest BCUT2D eigenvalue weighted by Crippen LogP contribution is -2.14. The highest BCUT2D eigenvalue weighted by molar-refractivity contribution is 6.00. The summed E-state index contributed by atoms with van der Waals surface area (Å²) in [7, 11) is 0. The number of hydrogen-bond donors (Lipinski definition) is 2. The van der Waals surface area contributed by atoms with Crippen molar-refractivity contribution in [1.82, 2.24) is 0 Å². The van der Waals surface area contributed by atoms with Gasteiger partial charge in [0, 0.05) is 5.69 Å². The van der Waals surface area contributed by atoms with E-state index in [0.29, 0.717) is 5.56 Å². The van der Waals surface area contributed by atoms with Crippen LogP contribution >= 0.6 is 0 Å². The van der Waals surface area contributed by atoms with Gasteiger partial charge in [-0.1, -0.05) is 50.5 Å². The molecule has 0 spiro atoms. The lowest BCUT2D eigenvalue weighted by molar-refractivity contribution is 0.100. The lowest BCUT2D eigenvalue weighted by atomic mass is 10.0. The second kappa shape index (κ2) is 8.37. The topological polar surface area (TPSA) is 55.1 Å². The van der Waals surface area contributed by atoms with Crippen LogP contribution in [0.5, 0.6) is 0 Å². The predicted molar refractivity (Wildman–Crippen MR) is 97.3 cm³/mol. The standard InChI is InChI=1S/C20H26N2O/c1-3-4-5-6-10-16-11-8-12-17(14-16)22-19-15(2)9-7-13-18(19)20(21)23/h7-9,11-14,22H,3-6,10H2,1-2H3,(H2,21,23). The van der Waals surface area contributed by atoms with Crippen LogP contribution in [0.4, 0.5) is 11.4 Å². The minimum Gasteiger partial charge on any atom is -0.366 e. The van der Waals surface area contributed by atoms with E-state index in [1.54, 1.807) is 6.07 Å². The van der Waals surface area contributed by atoms with E-state index >= 15 is 0 Å². The maximum absolute atomic E-state index is 11.6. The molecule has 3 N–H and O–H groups in total. The highest BCUT2D eigenvalue weighted by Gasteiger charge is 2.10. The fourth-order valence-corrected chi connectivity index (χ4v) is 2.74. The molecular weight excluding hydrogens is 284 g/mol. The van der Waals surface area contributed by atoms with E-state index in [-0.39, 0.29) is 0 Å². The molecule has 0 saturated carbocycles. The van der Waals surface area contributed by atoms with Crippen LogP contribution in [0.3, 0.4) is 0 Å². The molecule has 2 aromatic rings. The van der Waals surface area contributed by atoms with Crippen molar-refractivity contribution in [2.75, 3.05) is 5.32 Å². The van der Waals surface area contributed by atoms with Crippen molar-refractivity contribution in [3.63, 3.8) is 0 Å². The summed E-state index contributed by atoms with van der Waals surface area (Å²) in [5.74, 6) is -0.410. The number of benzene rings is 2. The number of carbonyl (C=O) groups is 1. The Balaban J connectivity index is 2.13. The fourth-order valence-electron chi connectivity index (χ4n) is 2.74. The first-order valence-corrected chi connectivity index (χ1v) is 8.37. The zero-order chi connectivity index (χ0) is 16.7. The Morgan fingerprint density at radius 1 is 1.09 bits per heavy atom. The number of aryl methyl sites for hydroxylation is 2. The minimum atomic E-state index is -0.410. The van der Waals surface area contributed by atoms with Crippen LogP contribution in [-0.2, 0) is 6.42 Å². The third kappa shape index (κ3) is 4.85. The molecule has 2 aromatic carbocycles. The summed E-state index contributed by atoms with van der Waals surface area (Å²) < 4.78 is 0. The SMILES string of the molecule is CCCCCCc1cccc(Nc2c(C)cccc2C(N)=O)c1. The molecule has 3 nitrogen and oxygen atoms in total. The molecular formula is C20H26N2O. The third-order valence-electron chi connectivity index (χ3n) is 4.05. The zero-order valence-corrected chi connectivity index (χ0v) is 14.1. The number of unbranched alkanes of at least 4 members (excludes halogenated alkanes) is 3. The normalized spacial score (nSPS) is 10.5. The van der Waals surface area contributed by atoms with E-state index in [9.17, 15) is 4.79 Å². The van der Waals surface area contributed by atoms with Gasteiger partial charge in [0.05, 0.1) is 11.3 Å². The molecule has 122 valence electrons. The lowest BCUT2D eigenvalue weighted by Gasteiger charge is -2.14. The number of amides is 1. The quantitative estimate of drug-likeness (QED) is 0.677. The van der Waals surface area contributed by atoms with Crippen molar-refractivity contribution in [2.45, 2.75) is 46.0 Å².